The first-order chi connectivity index (χ1) is 13.8. The van der Waals surface area contributed by atoms with Crippen LogP contribution in [0.5, 0.6) is 0 Å². The van der Waals surface area contributed by atoms with Crippen molar-refractivity contribution in [2.24, 2.45) is 0 Å². The summed E-state index contributed by atoms with van der Waals surface area (Å²) < 4.78 is 66.8. The number of hydrogen-bond acceptors (Lipinski definition) is 3. The highest BCUT2D eigenvalue weighted by atomic mass is 19.2. The number of halogens is 5. The summed E-state index contributed by atoms with van der Waals surface area (Å²) in [4.78, 5) is 27.6. The highest BCUT2D eigenvalue weighted by Gasteiger charge is 2.28. The number of amides is 2. The van der Waals surface area contributed by atoms with Gasteiger partial charge >= 0.3 is 0 Å². The van der Waals surface area contributed by atoms with Crippen LogP contribution in [0.4, 0.5) is 27.6 Å². The summed E-state index contributed by atoms with van der Waals surface area (Å²) in [6.45, 7) is 0.937. The van der Waals surface area contributed by atoms with Gasteiger partial charge in [0.05, 0.1) is 6.54 Å². The molecular formula is C19H16F5N3O2. The second-order valence-electron chi connectivity index (χ2n) is 6.43. The Labute approximate surface area is 162 Å². The molecule has 0 saturated carbocycles. The number of nitrogens with one attached hydrogen (secondary N) is 1. The topological polar surface area (TPSA) is 52.7 Å². The van der Waals surface area contributed by atoms with Crippen molar-refractivity contribution in [2.45, 2.75) is 0 Å². The molecule has 5 nitrogen and oxygen atoms in total. The Morgan fingerprint density at radius 3 is 1.86 bits per heavy atom. The van der Waals surface area contributed by atoms with Crippen molar-refractivity contribution in [1.29, 1.82) is 0 Å². The summed E-state index contributed by atoms with van der Waals surface area (Å²) in [5, 5.41) is 1.74. The molecule has 1 N–H and O–H groups in total. The number of carbonyl (C=O) groups is 2. The molecule has 10 heteroatoms. The van der Waals surface area contributed by atoms with Gasteiger partial charge in [0.15, 0.2) is 23.3 Å². The van der Waals surface area contributed by atoms with Crippen LogP contribution in [0.3, 0.4) is 0 Å². The van der Waals surface area contributed by atoms with E-state index >= 15 is 0 Å². The number of piperazine rings is 1. The van der Waals surface area contributed by atoms with E-state index in [9.17, 15) is 31.5 Å². The van der Waals surface area contributed by atoms with Gasteiger partial charge in [-0.25, -0.2) is 22.0 Å². The fourth-order valence-electron chi connectivity index (χ4n) is 2.97. The minimum absolute atomic E-state index is 0.156. The molecule has 2 amide bonds. The maximum absolute atomic E-state index is 13.6. The normalized spacial score (nSPS) is 14.7. The molecular weight excluding hydrogens is 397 g/mol. The molecule has 1 aliphatic heterocycles. The van der Waals surface area contributed by atoms with E-state index in [1.165, 1.54) is 0 Å². The Morgan fingerprint density at radius 1 is 0.793 bits per heavy atom. The van der Waals surface area contributed by atoms with E-state index in [0.29, 0.717) is 31.7 Å². The molecule has 0 bridgehead atoms. The Bertz CT molecular complexity index is 902. The minimum atomic E-state index is -2.29. The third-order valence-electron chi connectivity index (χ3n) is 4.52. The third-order valence-corrected chi connectivity index (χ3v) is 4.52. The van der Waals surface area contributed by atoms with E-state index in [-0.39, 0.29) is 12.5 Å². The van der Waals surface area contributed by atoms with Gasteiger partial charge in [-0.1, -0.05) is 18.2 Å². The molecule has 3 rings (SSSR count). The van der Waals surface area contributed by atoms with E-state index in [1.807, 2.05) is 0 Å². The average molecular weight is 413 g/mol. The fraction of sp³-hybridized carbons (Fsp3) is 0.263. The van der Waals surface area contributed by atoms with Gasteiger partial charge in [0.2, 0.25) is 11.7 Å². The van der Waals surface area contributed by atoms with Crippen molar-refractivity contribution >= 4 is 17.5 Å². The standard InChI is InChI=1S/C19H16F5N3O2/c20-13-14(21)16(23)18(17(24)15(13)22)25-12(28)10-26-6-8-27(9-7-26)19(29)11-4-2-1-3-5-11/h1-5H,6-10H2,(H,25,28). The van der Waals surface area contributed by atoms with Crippen molar-refractivity contribution in [3.05, 3.63) is 65.0 Å². The van der Waals surface area contributed by atoms with Crippen LogP contribution in [0.2, 0.25) is 0 Å². The largest absolute Gasteiger partial charge is 0.336 e. The van der Waals surface area contributed by atoms with E-state index in [4.69, 9.17) is 0 Å². The van der Waals surface area contributed by atoms with Crippen LogP contribution in [-0.4, -0.2) is 54.3 Å². The lowest BCUT2D eigenvalue weighted by atomic mass is 10.2. The first-order valence-electron chi connectivity index (χ1n) is 8.67. The summed E-state index contributed by atoms with van der Waals surface area (Å²) >= 11 is 0. The summed E-state index contributed by atoms with van der Waals surface area (Å²) in [5.41, 5.74) is -0.853. The Hall–Kier alpha value is -3.01. The second-order valence-corrected chi connectivity index (χ2v) is 6.43. The molecule has 0 spiro atoms. The zero-order chi connectivity index (χ0) is 21.1. The molecule has 1 fully saturated rings. The predicted octanol–water partition coefficient (Wildman–Crippen LogP) is 2.78. The molecule has 0 unspecified atom stereocenters. The van der Waals surface area contributed by atoms with Crippen LogP contribution in [0.15, 0.2) is 30.3 Å². The number of hydrogen-bond donors (Lipinski definition) is 1. The molecule has 154 valence electrons. The highest BCUT2D eigenvalue weighted by molar-refractivity contribution is 5.94. The number of benzene rings is 2. The SMILES string of the molecule is O=C(CN1CCN(C(=O)c2ccccc2)CC1)Nc1c(F)c(F)c(F)c(F)c1F. The predicted molar refractivity (Wildman–Crippen MR) is 93.6 cm³/mol. The van der Waals surface area contributed by atoms with Crippen molar-refractivity contribution in [3.8, 4) is 0 Å². The van der Waals surface area contributed by atoms with Crippen molar-refractivity contribution < 1.29 is 31.5 Å². The number of rotatable bonds is 4. The Morgan fingerprint density at radius 2 is 1.31 bits per heavy atom. The van der Waals surface area contributed by atoms with Gasteiger partial charge in [0, 0.05) is 31.7 Å². The number of nitrogens with zero attached hydrogens (tertiary/aromatic N) is 2. The van der Waals surface area contributed by atoms with Crippen LogP contribution >= 0.6 is 0 Å². The first kappa shape index (κ1) is 20.7. The van der Waals surface area contributed by atoms with Crippen LogP contribution in [0.1, 0.15) is 10.4 Å². The summed E-state index contributed by atoms with van der Waals surface area (Å²) in [7, 11) is 0. The Balaban J connectivity index is 1.58. The van der Waals surface area contributed by atoms with Crippen molar-refractivity contribution in [3.63, 3.8) is 0 Å². The highest BCUT2D eigenvalue weighted by Crippen LogP contribution is 2.27. The third kappa shape index (κ3) is 4.37. The van der Waals surface area contributed by atoms with E-state index in [0.717, 1.165) is 0 Å². The summed E-state index contributed by atoms with van der Waals surface area (Å²) in [6.07, 6.45) is 0. The van der Waals surface area contributed by atoms with Gasteiger partial charge in [-0.15, -0.1) is 0 Å². The molecule has 0 aliphatic carbocycles. The van der Waals surface area contributed by atoms with E-state index in [1.54, 1.807) is 45.4 Å². The molecule has 1 saturated heterocycles. The lowest BCUT2D eigenvalue weighted by molar-refractivity contribution is -0.117. The number of carbonyl (C=O) groups excluding carboxylic acids is 2. The molecule has 0 atom stereocenters. The van der Waals surface area contributed by atoms with Gasteiger partial charge in [-0.2, -0.15) is 0 Å². The lowest BCUT2D eigenvalue weighted by Crippen LogP contribution is -2.50. The molecule has 1 aliphatic rings. The fourth-order valence-corrected chi connectivity index (χ4v) is 2.97. The summed E-state index contributed by atoms with van der Waals surface area (Å²) in [5.74, 6) is -11.9. The maximum Gasteiger partial charge on any atom is 0.253 e. The smallest absolute Gasteiger partial charge is 0.253 e. The Kier molecular flexibility index (Phi) is 6.12. The second kappa shape index (κ2) is 8.56. The van der Waals surface area contributed by atoms with Crippen LogP contribution in [0.25, 0.3) is 0 Å². The number of anilines is 1. The molecule has 2 aromatic carbocycles. The maximum atomic E-state index is 13.6. The molecule has 0 aromatic heterocycles. The zero-order valence-corrected chi connectivity index (χ0v) is 15.0. The molecule has 1 heterocycles. The van der Waals surface area contributed by atoms with Crippen LogP contribution in [0, 0.1) is 29.1 Å². The van der Waals surface area contributed by atoms with Crippen LogP contribution < -0.4 is 5.32 Å². The van der Waals surface area contributed by atoms with Gasteiger partial charge in [0.1, 0.15) is 5.69 Å². The van der Waals surface area contributed by atoms with Crippen molar-refractivity contribution in [2.75, 3.05) is 38.0 Å². The molecule has 29 heavy (non-hydrogen) atoms. The van der Waals surface area contributed by atoms with Gasteiger partial charge in [-0.05, 0) is 12.1 Å². The van der Waals surface area contributed by atoms with Gasteiger partial charge < -0.3 is 10.2 Å². The van der Waals surface area contributed by atoms with E-state index in [2.05, 4.69) is 0 Å². The molecule has 0 radical (unpaired) electrons. The first-order valence-corrected chi connectivity index (χ1v) is 8.67. The average Bonchev–Trinajstić information content (AvgIpc) is 2.74. The van der Waals surface area contributed by atoms with Crippen molar-refractivity contribution in [1.82, 2.24) is 9.80 Å². The zero-order valence-electron chi connectivity index (χ0n) is 15.0. The van der Waals surface area contributed by atoms with Gasteiger partial charge in [0.25, 0.3) is 5.91 Å². The minimum Gasteiger partial charge on any atom is -0.336 e. The van der Waals surface area contributed by atoms with E-state index < -0.39 is 40.7 Å². The summed E-state index contributed by atoms with van der Waals surface area (Å²) in [6, 6.07) is 8.65. The van der Waals surface area contributed by atoms with Gasteiger partial charge in [-0.3, -0.25) is 14.5 Å². The monoisotopic (exact) mass is 413 g/mol. The van der Waals surface area contributed by atoms with Crippen LogP contribution in [-0.2, 0) is 4.79 Å². The lowest BCUT2D eigenvalue weighted by Gasteiger charge is -2.34. The molecule has 2 aromatic rings. The quantitative estimate of drug-likeness (QED) is 0.477.